The van der Waals surface area contributed by atoms with Gasteiger partial charge in [-0.1, -0.05) is 11.6 Å². The van der Waals surface area contributed by atoms with Crippen LogP contribution in [0.5, 0.6) is 11.6 Å². The fourth-order valence-electron chi connectivity index (χ4n) is 4.17. The number of nitrogens with one attached hydrogen (secondary N) is 1. The Balaban J connectivity index is 1.30. The average Bonchev–Trinajstić information content (AvgIpc) is 3.29. The zero-order chi connectivity index (χ0) is 26.9. The molecule has 1 aliphatic rings. The third-order valence-electron chi connectivity index (χ3n) is 6.01. The summed E-state index contributed by atoms with van der Waals surface area (Å²) in [7, 11) is 1.82. The van der Waals surface area contributed by atoms with Crippen molar-refractivity contribution in [1.29, 1.82) is 0 Å². The van der Waals surface area contributed by atoms with E-state index in [1.54, 1.807) is 34.0 Å². The van der Waals surface area contributed by atoms with E-state index >= 15 is 0 Å². The maximum Gasteiger partial charge on any atom is 0.410 e. The molecule has 5 rings (SSSR count). The number of benzene rings is 2. The van der Waals surface area contributed by atoms with Crippen molar-refractivity contribution < 1.29 is 14.3 Å². The van der Waals surface area contributed by atoms with Gasteiger partial charge < -0.3 is 24.6 Å². The van der Waals surface area contributed by atoms with Crippen LogP contribution in [0, 0.1) is 0 Å². The van der Waals surface area contributed by atoms with Gasteiger partial charge in [-0.05, 0) is 57.2 Å². The molecule has 10 nitrogen and oxygen atoms in total. The standard InChI is InChI=1S/C27H30ClN7O3/c1-27(2,3)38-26(36)35-13-11-34(12-14-35)19-6-7-22-20(16-19)25(30-17-29-22)31-18-5-8-23(21(28)15-18)37-24-9-10-33(4)32-24/h5-10,15-17H,11-14H2,1-4H3,(H,29,30,31). The molecule has 1 N–H and O–H groups in total. The summed E-state index contributed by atoms with van der Waals surface area (Å²) in [4.78, 5) is 25.3. The lowest BCUT2D eigenvalue weighted by atomic mass is 10.1. The van der Waals surface area contributed by atoms with Crippen molar-refractivity contribution in [2.45, 2.75) is 26.4 Å². The average molecular weight is 536 g/mol. The molecule has 1 aliphatic heterocycles. The topological polar surface area (TPSA) is 97.6 Å². The molecule has 0 unspecified atom stereocenters. The number of piperazine rings is 1. The summed E-state index contributed by atoms with van der Waals surface area (Å²) in [6, 6.07) is 13.3. The number of fused-ring (bicyclic) bond motifs is 1. The number of rotatable bonds is 5. The molecule has 1 saturated heterocycles. The van der Waals surface area contributed by atoms with Crippen LogP contribution in [0.2, 0.25) is 5.02 Å². The molecule has 38 heavy (non-hydrogen) atoms. The molecule has 0 atom stereocenters. The Morgan fingerprint density at radius 2 is 1.82 bits per heavy atom. The highest BCUT2D eigenvalue weighted by Gasteiger charge is 2.26. The summed E-state index contributed by atoms with van der Waals surface area (Å²) in [5.74, 6) is 1.64. The second-order valence-corrected chi connectivity index (χ2v) is 10.5. The highest BCUT2D eigenvalue weighted by Crippen LogP contribution is 2.33. The molecule has 0 saturated carbocycles. The molecule has 0 radical (unpaired) electrons. The molecule has 4 aromatic rings. The van der Waals surface area contributed by atoms with Gasteiger partial charge in [0.25, 0.3) is 0 Å². The first kappa shape index (κ1) is 25.6. The van der Waals surface area contributed by atoms with Crippen molar-refractivity contribution in [1.82, 2.24) is 24.6 Å². The fraction of sp³-hybridized carbons (Fsp3) is 0.333. The summed E-state index contributed by atoms with van der Waals surface area (Å²) < 4.78 is 13.0. The number of hydrogen-bond acceptors (Lipinski definition) is 8. The highest BCUT2D eigenvalue weighted by atomic mass is 35.5. The SMILES string of the molecule is Cn1ccc(Oc2ccc(Nc3ncnc4ccc(N5CCN(C(=O)OC(C)(C)C)CC5)cc34)cc2Cl)n1. The number of hydrogen-bond donors (Lipinski definition) is 1. The number of amides is 1. The molecular formula is C27H30ClN7O3. The molecule has 0 aliphatic carbocycles. The molecule has 2 aromatic carbocycles. The van der Waals surface area contributed by atoms with E-state index in [4.69, 9.17) is 21.1 Å². The van der Waals surface area contributed by atoms with Gasteiger partial charge in [-0.15, -0.1) is 5.10 Å². The zero-order valence-corrected chi connectivity index (χ0v) is 22.6. The van der Waals surface area contributed by atoms with E-state index in [2.05, 4.69) is 31.3 Å². The smallest absolute Gasteiger partial charge is 0.410 e. The Morgan fingerprint density at radius 1 is 1.03 bits per heavy atom. The third kappa shape index (κ3) is 5.91. The minimum Gasteiger partial charge on any atom is -0.444 e. The number of aryl methyl sites for hydroxylation is 1. The molecule has 1 amide bonds. The predicted molar refractivity (Wildman–Crippen MR) is 148 cm³/mol. The number of anilines is 3. The summed E-state index contributed by atoms with van der Waals surface area (Å²) in [6.07, 6.45) is 3.06. The molecule has 198 valence electrons. The highest BCUT2D eigenvalue weighted by molar-refractivity contribution is 6.32. The van der Waals surface area contributed by atoms with Gasteiger partial charge in [0.05, 0.1) is 10.5 Å². The van der Waals surface area contributed by atoms with Gasteiger partial charge in [-0.25, -0.2) is 14.8 Å². The van der Waals surface area contributed by atoms with Gasteiger partial charge in [-0.3, -0.25) is 4.68 Å². The van der Waals surface area contributed by atoms with Gasteiger partial charge in [0.2, 0.25) is 5.88 Å². The zero-order valence-electron chi connectivity index (χ0n) is 21.8. The van der Waals surface area contributed by atoms with Gasteiger partial charge in [0.1, 0.15) is 23.5 Å². The molecular weight excluding hydrogens is 506 g/mol. The maximum absolute atomic E-state index is 12.4. The predicted octanol–water partition coefficient (Wildman–Crippen LogP) is 5.61. The van der Waals surface area contributed by atoms with Gasteiger partial charge in [0, 0.05) is 62.3 Å². The van der Waals surface area contributed by atoms with E-state index in [0.717, 1.165) is 22.3 Å². The quantitative estimate of drug-likeness (QED) is 0.352. The first-order valence-corrected chi connectivity index (χ1v) is 12.7. The van der Waals surface area contributed by atoms with Crippen LogP contribution >= 0.6 is 11.6 Å². The Labute approximate surface area is 226 Å². The number of carbonyl (C=O) groups is 1. The lowest BCUT2D eigenvalue weighted by molar-refractivity contribution is 0.0240. The first-order valence-electron chi connectivity index (χ1n) is 12.4. The minimum absolute atomic E-state index is 0.273. The monoisotopic (exact) mass is 535 g/mol. The van der Waals surface area contributed by atoms with Gasteiger partial charge in [0.15, 0.2) is 0 Å². The first-order chi connectivity index (χ1) is 18.1. The number of ether oxygens (including phenoxy) is 2. The van der Waals surface area contributed by atoms with E-state index in [9.17, 15) is 4.79 Å². The second-order valence-electron chi connectivity index (χ2n) is 10.1. The van der Waals surface area contributed by atoms with Crippen LogP contribution in [0.4, 0.5) is 22.0 Å². The molecule has 3 heterocycles. The number of nitrogens with zero attached hydrogens (tertiary/aromatic N) is 6. The number of carbonyl (C=O) groups excluding carboxylic acids is 1. The van der Waals surface area contributed by atoms with Crippen molar-refractivity contribution in [3.63, 3.8) is 0 Å². The van der Waals surface area contributed by atoms with Crippen molar-refractivity contribution in [2.24, 2.45) is 7.05 Å². The van der Waals surface area contributed by atoms with E-state index in [1.165, 1.54) is 6.33 Å². The Hall–Kier alpha value is -4.05. The number of halogens is 1. The molecule has 1 fully saturated rings. The van der Waals surface area contributed by atoms with Gasteiger partial charge >= 0.3 is 6.09 Å². The Morgan fingerprint density at radius 3 is 2.50 bits per heavy atom. The second kappa shape index (κ2) is 10.4. The van der Waals surface area contributed by atoms with Gasteiger partial charge in [-0.2, -0.15) is 0 Å². The Bertz CT molecular complexity index is 1460. The lowest BCUT2D eigenvalue weighted by Crippen LogP contribution is -2.50. The summed E-state index contributed by atoms with van der Waals surface area (Å²) in [5, 5.41) is 8.90. The molecule has 0 spiro atoms. The minimum atomic E-state index is -0.507. The van der Waals surface area contributed by atoms with Crippen LogP contribution in [0.25, 0.3) is 10.9 Å². The van der Waals surface area contributed by atoms with Crippen LogP contribution in [0.1, 0.15) is 20.8 Å². The van der Waals surface area contributed by atoms with E-state index in [1.807, 2.05) is 46.0 Å². The summed E-state index contributed by atoms with van der Waals surface area (Å²) in [5.41, 5.74) is 2.11. The molecule has 11 heteroatoms. The van der Waals surface area contributed by atoms with Crippen LogP contribution in [0.3, 0.4) is 0 Å². The largest absolute Gasteiger partial charge is 0.444 e. The maximum atomic E-state index is 12.4. The van der Waals surface area contributed by atoms with Crippen molar-refractivity contribution in [3.8, 4) is 11.6 Å². The van der Waals surface area contributed by atoms with E-state index in [0.29, 0.717) is 48.6 Å². The molecule has 0 bridgehead atoms. The van der Waals surface area contributed by atoms with E-state index in [-0.39, 0.29) is 6.09 Å². The summed E-state index contributed by atoms with van der Waals surface area (Å²) in [6.45, 7) is 8.22. The van der Waals surface area contributed by atoms with Crippen molar-refractivity contribution >= 4 is 45.8 Å². The van der Waals surface area contributed by atoms with Crippen molar-refractivity contribution in [3.05, 3.63) is 60.0 Å². The van der Waals surface area contributed by atoms with Crippen LogP contribution in [0.15, 0.2) is 55.0 Å². The van der Waals surface area contributed by atoms with E-state index < -0.39 is 5.60 Å². The van der Waals surface area contributed by atoms with Crippen LogP contribution in [-0.2, 0) is 11.8 Å². The third-order valence-corrected chi connectivity index (χ3v) is 6.31. The molecule has 2 aromatic heterocycles. The fourth-order valence-corrected chi connectivity index (χ4v) is 4.39. The Kier molecular flexibility index (Phi) is 6.98. The van der Waals surface area contributed by atoms with Crippen LogP contribution in [-0.4, -0.2) is 62.5 Å². The van der Waals surface area contributed by atoms with Crippen molar-refractivity contribution in [2.75, 3.05) is 36.4 Å². The lowest BCUT2D eigenvalue weighted by Gasteiger charge is -2.36. The number of aromatic nitrogens is 4. The normalized spacial score (nSPS) is 14.0. The summed E-state index contributed by atoms with van der Waals surface area (Å²) >= 11 is 6.49. The van der Waals surface area contributed by atoms with Crippen LogP contribution < -0.4 is 15.0 Å².